The summed E-state index contributed by atoms with van der Waals surface area (Å²) < 4.78 is 0. The highest BCUT2D eigenvalue weighted by atomic mass is 32.2. The maximum atomic E-state index is 12.8. The summed E-state index contributed by atoms with van der Waals surface area (Å²) in [6, 6.07) is 23.3. The molecule has 3 aromatic rings. The fourth-order valence-electron chi connectivity index (χ4n) is 3.35. The molecule has 29 heavy (non-hydrogen) atoms. The molecule has 2 N–H and O–H groups in total. The van der Waals surface area contributed by atoms with E-state index in [1.165, 1.54) is 11.8 Å². The number of nitriles is 1. The van der Waals surface area contributed by atoms with Gasteiger partial charge < -0.3 is 10.6 Å². The van der Waals surface area contributed by atoms with Gasteiger partial charge >= 0.3 is 0 Å². The molecule has 0 saturated carbocycles. The molecular formula is C23H20N4OS. The molecule has 1 aliphatic rings. The van der Waals surface area contributed by atoms with Gasteiger partial charge in [-0.2, -0.15) is 5.26 Å². The molecule has 0 aliphatic carbocycles. The molecule has 0 bridgehead atoms. The number of thioether (sulfide) groups is 1. The first-order valence-corrected chi connectivity index (χ1v) is 10.3. The lowest BCUT2D eigenvalue weighted by Crippen LogP contribution is -2.41. The molecule has 1 aromatic heterocycles. The Balaban J connectivity index is 1.51. The van der Waals surface area contributed by atoms with Gasteiger partial charge in [-0.15, -0.1) is 0 Å². The molecule has 1 aliphatic heterocycles. The highest BCUT2D eigenvalue weighted by Gasteiger charge is 2.35. The first-order chi connectivity index (χ1) is 14.2. The molecule has 5 nitrogen and oxygen atoms in total. The van der Waals surface area contributed by atoms with Gasteiger partial charge in [0.2, 0.25) is 5.91 Å². The van der Waals surface area contributed by atoms with Gasteiger partial charge in [0.15, 0.2) is 0 Å². The summed E-state index contributed by atoms with van der Waals surface area (Å²) >= 11 is 1.50. The van der Waals surface area contributed by atoms with Crippen LogP contribution >= 0.6 is 11.8 Å². The average molecular weight is 401 g/mol. The van der Waals surface area contributed by atoms with Crippen LogP contribution in [0.5, 0.6) is 0 Å². The average Bonchev–Trinajstić information content (AvgIpc) is 2.77. The van der Waals surface area contributed by atoms with E-state index >= 15 is 0 Å². The number of rotatable bonds is 6. The van der Waals surface area contributed by atoms with Crippen molar-refractivity contribution in [2.75, 3.05) is 11.9 Å². The zero-order valence-corrected chi connectivity index (χ0v) is 16.5. The standard InChI is InChI=1S/C23H20N4OS/c24-15-17-10-8-16(9-11-17)12-14-25-20(18-5-2-1-3-6-18)21-22(28)27-19-7-4-13-26-23(19)29-21/h1-11,13,20-21,25H,12,14H2,(H,27,28)/t20-,21+/m1/s1. The maximum absolute atomic E-state index is 12.8. The lowest BCUT2D eigenvalue weighted by atomic mass is 10.0. The highest BCUT2D eigenvalue weighted by Crippen LogP contribution is 2.39. The van der Waals surface area contributed by atoms with Crippen LogP contribution < -0.4 is 10.6 Å². The Morgan fingerprint density at radius 1 is 1.10 bits per heavy atom. The minimum absolute atomic E-state index is 0.0183. The number of pyridine rings is 1. The summed E-state index contributed by atoms with van der Waals surface area (Å²) in [6.07, 6.45) is 2.55. The van der Waals surface area contributed by atoms with Crippen molar-refractivity contribution in [2.24, 2.45) is 0 Å². The molecule has 2 atom stereocenters. The monoisotopic (exact) mass is 400 g/mol. The van der Waals surface area contributed by atoms with Crippen molar-refractivity contribution in [3.63, 3.8) is 0 Å². The van der Waals surface area contributed by atoms with E-state index in [-0.39, 0.29) is 17.2 Å². The second-order valence-corrected chi connectivity index (χ2v) is 7.92. The fourth-order valence-corrected chi connectivity index (χ4v) is 4.52. The third-order valence-electron chi connectivity index (χ3n) is 4.85. The van der Waals surface area contributed by atoms with Crippen LogP contribution in [-0.4, -0.2) is 22.7 Å². The van der Waals surface area contributed by atoms with Crippen LogP contribution in [0.4, 0.5) is 5.69 Å². The molecule has 2 aromatic carbocycles. The summed E-state index contributed by atoms with van der Waals surface area (Å²) in [6.45, 7) is 0.713. The molecule has 1 amide bonds. The maximum Gasteiger partial charge on any atom is 0.239 e. The predicted molar refractivity (Wildman–Crippen MR) is 115 cm³/mol. The number of aromatic nitrogens is 1. The van der Waals surface area contributed by atoms with Crippen molar-refractivity contribution in [1.29, 1.82) is 5.26 Å². The van der Waals surface area contributed by atoms with Gasteiger partial charge in [-0.05, 0) is 48.4 Å². The molecule has 0 radical (unpaired) electrons. The number of fused-ring (bicyclic) bond motifs is 1. The number of nitrogens with zero attached hydrogens (tertiary/aromatic N) is 2. The second-order valence-electron chi connectivity index (χ2n) is 6.79. The fraction of sp³-hybridized carbons (Fsp3) is 0.174. The summed E-state index contributed by atoms with van der Waals surface area (Å²) in [5.74, 6) is -0.0183. The second kappa shape index (κ2) is 8.91. The molecule has 2 heterocycles. The Hall–Kier alpha value is -3.14. The van der Waals surface area contributed by atoms with E-state index in [0.717, 1.165) is 28.3 Å². The number of carbonyl (C=O) groups excluding carboxylic acids is 1. The first-order valence-electron chi connectivity index (χ1n) is 9.44. The van der Waals surface area contributed by atoms with Crippen molar-refractivity contribution in [1.82, 2.24) is 10.3 Å². The third-order valence-corrected chi connectivity index (χ3v) is 6.14. The largest absolute Gasteiger partial charge is 0.323 e. The molecule has 0 fully saturated rings. The van der Waals surface area contributed by atoms with E-state index in [9.17, 15) is 4.79 Å². The molecule has 144 valence electrons. The van der Waals surface area contributed by atoms with Crippen molar-refractivity contribution in [3.8, 4) is 6.07 Å². The lowest BCUT2D eigenvalue weighted by Gasteiger charge is -2.30. The van der Waals surface area contributed by atoms with Crippen LogP contribution in [0.1, 0.15) is 22.7 Å². The lowest BCUT2D eigenvalue weighted by molar-refractivity contribution is -0.116. The van der Waals surface area contributed by atoms with Crippen LogP contribution in [0.25, 0.3) is 0 Å². The molecule has 0 spiro atoms. The zero-order valence-electron chi connectivity index (χ0n) is 15.7. The normalized spacial score (nSPS) is 16.4. The number of nitrogens with one attached hydrogen (secondary N) is 2. The van der Waals surface area contributed by atoms with Gasteiger partial charge in [-0.1, -0.05) is 54.2 Å². The van der Waals surface area contributed by atoms with Crippen LogP contribution in [0, 0.1) is 11.3 Å². The summed E-state index contributed by atoms with van der Waals surface area (Å²) in [5, 5.41) is 16.0. The van der Waals surface area contributed by atoms with E-state index in [4.69, 9.17) is 5.26 Å². The van der Waals surface area contributed by atoms with Crippen molar-refractivity contribution < 1.29 is 4.79 Å². The topological polar surface area (TPSA) is 77.8 Å². The Kier molecular flexibility index (Phi) is 5.89. The van der Waals surface area contributed by atoms with Crippen LogP contribution in [-0.2, 0) is 11.2 Å². The van der Waals surface area contributed by atoms with Crippen LogP contribution in [0.15, 0.2) is 78.0 Å². The Labute approximate surface area is 174 Å². The summed E-state index contributed by atoms with van der Waals surface area (Å²) in [7, 11) is 0. The van der Waals surface area contributed by atoms with E-state index < -0.39 is 0 Å². The third kappa shape index (κ3) is 4.48. The molecule has 0 unspecified atom stereocenters. The number of anilines is 1. The number of hydrogen-bond acceptors (Lipinski definition) is 5. The van der Waals surface area contributed by atoms with Gasteiger partial charge in [-0.25, -0.2) is 4.98 Å². The van der Waals surface area contributed by atoms with Gasteiger partial charge in [0.25, 0.3) is 0 Å². The first kappa shape index (κ1) is 19.2. The van der Waals surface area contributed by atoms with Gasteiger partial charge in [0.05, 0.1) is 23.4 Å². The van der Waals surface area contributed by atoms with E-state index in [1.54, 1.807) is 6.20 Å². The number of benzene rings is 2. The minimum atomic E-state index is -0.319. The molecular weight excluding hydrogens is 380 g/mol. The quantitative estimate of drug-likeness (QED) is 0.655. The number of hydrogen-bond donors (Lipinski definition) is 2. The van der Waals surface area contributed by atoms with Crippen molar-refractivity contribution in [3.05, 3.63) is 89.6 Å². The van der Waals surface area contributed by atoms with Crippen molar-refractivity contribution >= 4 is 23.4 Å². The van der Waals surface area contributed by atoms with Crippen molar-refractivity contribution in [2.45, 2.75) is 22.7 Å². The van der Waals surface area contributed by atoms with E-state index in [2.05, 4.69) is 21.7 Å². The highest BCUT2D eigenvalue weighted by molar-refractivity contribution is 8.00. The van der Waals surface area contributed by atoms with Crippen LogP contribution in [0.3, 0.4) is 0 Å². The smallest absolute Gasteiger partial charge is 0.239 e. The Morgan fingerprint density at radius 3 is 2.66 bits per heavy atom. The predicted octanol–water partition coefficient (Wildman–Crippen LogP) is 3.94. The van der Waals surface area contributed by atoms with Crippen LogP contribution in [0.2, 0.25) is 0 Å². The van der Waals surface area contributed by atoms with E-state index in [0.29, 0.717) is 12.1 Å². The molecule has 4 rings (SSSR count). The van der Waals surface area contributed by atoms with Gasteiger partial charge in [0, 0.05) is 6.20 Å². The number of carbonyl (C=O) groups is 1. The molecule has 6 heteroatoms. The van der Waals surface area contributed by atoms with Gasteiger partial charge in [-0.3, -0.25) is 4.79 Å². The summed E-state index contributed by atoms with van der Waals surface area (Å²) in [5.41, 5.74) is 3.64. The van der Waals surface area contributed by atoms with Gasteiger partial charge in [0.1, 0.15) is 10.3 Å². The summed E-state index contributed by atoms with van der Waals surface area (Å²) in [4.78, 5) is 17.3. The minimum Gasteiger partial charge on any atom is -0.323 e. The Bertz CT molecular complexity index is 1030. The zero-order chi connectivity index (χ0) is 20.1. The Morgan fingerprint density at radius 2 is 1.90 bits per heavy atom. The molecule has 0 saturated heterocycles. The van der Waals surface area contributed by atoms with E-state index in [1.807, 2.05) is 66.7 Å². The number of amides is 1. The SMILES string of the molecule is N#Cc1ccc(CCN[C@H](c2ccccc2)[C@@H]2Sc3ncccc3NC2=O)cc1.